The van der Waals surface area contributed by atoms with Gasteiger partial charge in [0.1, 0.15) is 11.5 Å². The van der Waals surface area contributed by atoms with Crippen LogP contribution < -0.4 is 0 Å². The zero-order valence-electron chi connectivity index (χ0n) is 11.1. The third-order valence-corrected chi connectivity index (χ3v) is 4.29. The molecule has 3 aliphatic rings. The summed E-state index contributed by atoms with van der Waals surface area (Å²) in [7, 11) is 1.29. The number of aliphatic hydroxyl groups excluding tert-OH is 2. The molecule has 7 heteroatoms. The van der Waals surface area contributed by atoms with Gasteiger partial charge < -0.3 is 24.6 Å². The van der Waals surface area contributed by atoms with Crippen LogP contribution in [0, 0.1) is 11.8 Å². The molecule has 2 bridgehead atoms. The monoisotopic (exact) mass is 283 g/mol. The van der Waals surface area contributed by atoms with E-state index < -0.39 is 42.2 Å². The second kappa shape index (κ2) is 4.54. The highest BCUT2D eigenvalue weighted by Gasteiger charge is 2.67. The van der Waals surface area contributed by atoms with E-state index in [1.165, 1.54) is 12.0 Å². The van der Waals surface area contributed by atoms with Crippen molar-refractivity contribution in [1.82, 2.24) is 4.90 Å². The number of esters is 1. The van der Waals surface area contributed by atoms with Gasteiger partial charge in [0.15, 0.2) is 0 Å². The van der Waals surface area contributed by atoms with Crippen molar-refractivity contribution in [3.05, 3.63) is 12.2 Å². The summed E-state index contributed by atoms with van der Waals surface area (Å²) in [5, 5.41) is 18.4. The van der Waals surface area contributed by atoms with E-state index in [1.54, 1.807) is 6.08 Å². The van der Waals surface area contributed by atoms with Crippen molar-refractivity contribution >= 4 is 11.9 Å². The minimum Gasteiger partial charge on any atom is -0.469 e. The van der Waals surface area contributed by atoms with Crippen molar-refractivity contribution in [2.75, 3.05) is 26.8 Å². The maximum absolute atomic E-state index is 12.5. The van der Waals surface area contributed by atoms with Crippen molar-refractivity contribution in [3.63, 3.8) is 0 Å². The van der Waals surface area contributed by atoms with E-state index in [1.807, 2.05) is 6.08 Å². The number of methoxy groups -OCH3 is 1. The fourth-order valence-corrected chi connectivity index (χ4v) is 3.45. The highest BCUT2D eigenvalue weighted by atomic mass is 16.5. The number of carbonyl (C=O) groups is 2. The number of amides is 1. The van der Waals surface area contributed by atoms with Crippen molar-refractivity contribution in [3.8, 4) is 0 Å². The molecule has 3 rings (SSSR count). The van der Waals surface area contributed by atoms with E-state index in [0.717, 1.165) is 0 Å². The van der Waals surface area contributed by atoms with Gasteiger partial charge in [-0.25, -0.2) is 0 Å². The lowest BCUT2D eigenvalue weighted by Gasteiger charge is -2.22. The molecule has 20 heavy (non-hydrogen) atoms. The molecule has 3 aliphatic heterocycles. The molecule has 0 aromatic rings. The molecule has 2 saturated heterocycles. The van der Waals surface area contributed by atoms with E-state index in [-0.39, 0.29) is 19.0 Å². The average Bonchev–Trinajstić information content (AvgIpc) is 3.07. The van der Waals surface area contributed by atoms with Gasteiger partial charge in [-0.05, 0) is 0 Å². The molecule has 0 saturated carbocycles. The third-order valence-electron chi connectivity index (χ3n) is 4.29. The minimum absolute atomic E-state index is 0.0311. The summed E-state index contributed by atoms with van der Waals surface area (Å²) in [4.78, 5) is 25.8. The highest BCUT2D eigenvalue weighted by Crippen LogP contribution is 2.52. The van der Waals surface area contributed by atoms with Crippen LogP contribution in [0.4, 0.5) is 0 Å². The molecular formula is C13H17NO6. The number of hydrogen-bond acceptors (Lipinski definition) is 6. The Balaban J connectivity index is 1.86. The standard InChI is InChI=1S/C13H17NO6/c1-19-12(18)9-8-2-3-13(20-8)6-14(4-7(16)5-15)11(17)10(9)13/h2-3,7-10,15-16H,4-6H2,1H3/t7-,8-,9-,10+,13+/m1/s1. The first kappa shape index (κ1) is 13.5. The Kier molecular flexibility index (Phi) is 3.07. The summed E-state index contributed by atoms with van der Waals surface area (Å²) in [6.07, 6.45) is 2.20. The number of fused-ring (bicyclic) bond motifs is 1. The molecule has 2 fully saturated rings. The lowest BCUT2D eigenvalue weighted by molar-refractivity contribution is -0.151. The first-order valence-electron chi connectivity index (χ1n) is 6.55. The van der Waals surface area contributed by atoms with Gasteiger partial charge in [0.25, 0.3) is 0 Å². The molecule has 5 atom stereocenters. The van der Waals surface area contributed by atoms with Crippen molar-refractivity contribution in [2.24, 2.45) is 11.8 Å². The second-order valence-corrected chi connectivity index (χ2v) is 5.48. The summed E-state index contributed by atoms with van der Waals surface area (Å²) >= 11 is 0. The molecule has 110 valence electrons. The van der Waals surface area contributed by atoms with Crippen LogP contribution in [-0.2, 0) is 19.1 Å². The zero-order valence-corrected chi connectivity index (χ0v) is 11.1. The SMILES string of the molecule is COC(=O)[C@H]1[C@H]2C(=O)N(C[C@@H](O)CO)C[C@@]23C=C[C@H]1O3. The van der Waals surface area contributed by atoms with Crippen molar-refractivity contribution in [1.29, 1.82) is 0 Å². The molecule has 0 aliphatic carbocycles. The van der Waals surface area contributed by atoms with Gasteiger partial charge in [0.05, 0.1) is 38.4 Å². The quantitative estimate of drug-likeness (QED) is 0.471. The summed E-state index contributed by atoms with van der Waals surface area (Å²) in [6, 6.07) is 0. The first-order valence-corrected chi connectivity index (χ1v) is 6.55. The zero-order chi connectivity index (χ0) is 14.5. The molecule has 1 spiro atoms. The smallest absolute Gasteiger partial charge is 0.312 e. The van der Waals surface area contributed by atoms with Crippen LogP contribution in [0.2, 0.25) is 0 Å². The second-order valence-electron chi connectivity index (χ2n) is 5.48. The predicted octanol–water partition coefficient (Wildman–Crippen LogP) is -1.71. The maximum atomic E-state index is 12.5. The number of ether oxygens (including phenoxy) is 2. The summed E-state index contributed by atoms with van der Waals surface area (Å²) in [5.74, 6) is -1.92. The summed E-state index contributed by atoms with van der Waals surface area (Å²) < 4.78 is 10.6. The molecule has 7 nitrogen and oxygen atoms in total. The first-order chi connectivity index (χ1) is 9.52. The van der Waals surface area contributed by atoms with E-state index in [4.69, 9.17) is 14.6 Å². The van der Waals surface area contributed by atoms with Gasteiger partial charge in [-0.3, -0.25) is 9.59 Å². The number of likely N-dealkylation sites (tertiary alicyclic amines) is 1. The van der Waals surface area contributed by atoms with E-state index in [9.17, 15) is 14.7 Å². The van der Waals surface area contributed by atoms with E-state index in [2.05, 4.69) is 0 Å². The fourth-order valence-electron chi connectivity index (χ4n) is 3.45. The van der Waals surface area contributed by atoms with Crippen LogP contribution in [-0.4, -0.2) is 71.6 Å². The average molecular weight is 283 g/mol. The topological polar surface area (TPSA) is 96.3 Å². The van der Waals surface area contributed by atoms with Gasteiger partial charge in [0, 0.05) is 6.54 Å². The Hall–Kier alpha value is -1.44. The molecule has 1 amide bonds. The Bertz CT molecular complexity index is 477. The van der Waals surface area contributed by atoms with Crippen LogP contribution >= 0.6 is 0 Å². The van der Waals surface area contributed by atoms with Crippen LogP contribution in [0.15, 0.2) is 12.2 Å². The number of hydrogen-bond donors (Lipinski definition) is 2. The number of carbonyl (C=O) groups excluding carboxylic acids is 2. The number of rotatable bonds is 4. The van der Waals surface area contributed by atoms with Crippen molar-refractivity contribution < 1.29 is 29.3 Å². The lowest BCUT2D eigenvalue weighted by Crippen LogP contribution is -2.40. The van der Waals surface area contributed by atoms with Gasteiger partial charge in [-0.15, -0.1) is 0 Å². The van der Waals surface area contributed by atoms with Crippen LogP contribution in [0.3, 0.4) is 0 Å². The Morgan fingerprint density at radius 3 is 3.10 bits per heavy atom. The van der Waals surface area contributed by atoms with Gasteiger partial charge >= 0.3 is 5.97 Å². The largest absolute Gasteiger partial charge is 0.469 e. The van der Waals surface area contributed by atoms with Gasteiger partial charge in [0.2, 0.25) is 5.91 Å². The molecule has 0 unspecified atom stereocenters. The molecule has 2 N–H and O–H groups in total. The molecule has 0 aromatic carbocycles. The van der Waals surface area contributed by atoms with E-state index in [0.29, 0.717) is 0 Å². The predicted molar refractivity (Wildman–Crippen MR) is 65.4 cm³/mol. The van der Waals surface area contributed by atoms with Crippen LogP contribution in [0.25, 0.3) is 0 Å². The third kappa shape index (κ3) is 1.70. The van der Waals surface area contributed by atoms with E-state index >= 15 is 0 Å². The molecule has 0 radical (unpaired) electrons. The number of β-amino-alcohol motifs (C(OH)–C–C–N with tert-alkyl or cyclic N) is 1. The number of aliphatic hydroxyl groups is 2. The van der Waals surface area contributed by atoms with Gasteiger partial charge in [-0.2, -0.15) is 0 Å². The Labute approximate surface area is 115 Å². The molecule has 0 aromatic heterocycles. The molecular weight excluding hydrogens is 266 g/mol. The Morgan fingerprint density at radius 1 is 1.70 bits per heavy atom. The summed E-state index contributed by atoms with van der Waals surface area (Å²) in [5.41, 5.74) is -0.796. The summed E-state index contributed by atoms with van der Waals surface area (Å²) in [6.45, 7) is -0.0986. The minimum atomic E-state index is -0.994. The van der Waals surface area contributed by atoms with Crippen molar-refractivity contribution in [2.45, 2.75) is 17.8 Å². The maximum Gasteiger partial charge on any atom is 0.312 e. The van der Waals surface area contributed by atoms with Crippen LogP contribution in [0.1, 0.15) is 0 Å². The highest BCUT2D eigenvalue weighted by molar-refractivity contribution is 5.91. The Morgan fingerprint density at radius 2 is 2.45 bits per heavy atom. The van der Waals surface area contributed by atoms with Crippen LogP contribution in [0.5, 0.6) is 0 Å². The lowest BCUT2D eigenvalue weighted by atomic mass is 9.77. The molecule has 3 heterocycles. The normalized spacial score (nSPS) is 39.2. The number of nitrogens with zero attached hydrogens (tertiary/aromatic N) is 1. The fraction of sp³-hybridized carbons (Fsp3) is 0.692. The van der Waals surface area contributed by atoms with Gasteiger partial charge in [-0.1, -0.05) is 12.2 Å².